The summed E-state index contributed by atoms with van der Waals surface area (Å²) < 4.78 is 0. The van der Waals surface area contributed by atoms with Crippen LogP contribution in [0.3, 0.4) is 0 Å². The average molecular weight is 321 g/mol. The number of carbonyl (C=O) groups is 1. The van der Waals surface area contributed by atoms with E-state index in [-0.39, 0.29) is 5.91 Å². The highest BCUT2D eigenvalue weighted by molar-refractivity contribution is 6.54. The summed E-state index contributed by atoms with van der Waals surface area (Å²) in [5.74, 6) is -0.196. The topological polar surface area (TPSA) is 41.5 Å². The largest absolute Gasteiger partial charge is 0.320 e. The van der Waals surface area contributed by atoms with Gasteiger partial charge in [0.1, 0.15) is 5.71 Å². The fourth-order valence-corrected chi connectivity index (χ4v) is 3.03. The van der Waals surface area contributed by atoms with Crippen molar-refractivity contribution >= 4 is 45.4 Å². The summed E-state index contributed by atoms with van der Waals surface area (Å²) in [7, 11) is 0. The second-order valence-electron chi connectivity index (χ2n) is 5.51. The molecule has 0 radical (unpaired) electrons. The fourth-order valence-electron chi connectivity index (χ4n) is 2.88. The van der Waals surface area contributed by atoms with Gasteiger partial charge in [-0.2, -0.15) is 0 Å². The minimum atomic E-state index is -0.196. The molecular weight excluding hydrogens is 308 g/mol. The van der Waals surface area contributed by atoms with Gasteiger partial charge in [0.15, 0.2) is 0 Å². The molecule has 23 heavy (non-hydrogen) atoms. The maximum absolute atomic E-state index is 12.4. The molecular formula is C19H13ClN2O. The Morgan fingerprint density at radius 3 is 2.65 bits per heavy atom. The molecule has 0 fully saturated rings. The van der Waals surface area contributed by atoms with E-state index in [4.69, 9.17) is 11.6 Å². The van der Waals surface area contributed by atoms with Crippen LogP contribution in [0.15, 0.2) is 59.6 Å². The predicted octanol–water partition coefficient (Wildman–Crippen LogP) is 4.87. The first-order valence-electron chi connectivity index (χ1n) is 7.32. The van der Waals surface area contributed by atoms with Crippen LogP contribution in [0.2, 0.25) is 5.02 Å². The quantitative estimate of drug-likeness (QED) is 0.682. The molecule has 3 nitrogen and oxygen atoms in total. The molecule has 0 aliphatic carbocycles. The van der Waals surface area contributed by atoms with Crippen molar-refractivity contribution in [3.8, 4) is 0 Å². The van der Waals surface area contributed by atoms with Gasteiger partial charge in [-0.25, -0.2) is 4.99 Å². The summed E-state index contributed by atoms with van der Waals surface area (Å²) in [5.41, 5.74) is 3.62. The lowest BCUT2D eigenvalue weighted by Gasteiger charge is -2.05. The van der Waals surface area contributed by atoms with Crippen LogP contribution in [0.25, 0.3) is 10.8 Å². The van der Waals surface area contributed by atoms with Gasteiger partial charge in [-0.3, -0.25) is 4.79 Å². The van der Waals surface area contributed by atoms with Gasteiger partial charge < -0.3 is 5.32 Å². The zero-order valence-electron chi connectivity index (χ0n) is 12.4. The Kier molecular flexibility index (Phi) is 3.17. The molecule has 4 heteroatoms. The second kappa shape index (κ2) is 5.21. The molecule has 1 N–H and O–H groups in total. The van der Waals surface area contributed by atoms with Gasteiger partial charge in [0.2, 0.25) is 0 Å². The Balaban J connectivity index is 1.93. The van der Waals surface area contributed by atoms with Crippen LogP contribution >= 0.6 is 11.6 Å². The molecule has 0 unspecified atom stereocenters. The molecule has 3 aromatic rings. The number of anilines is 1. The van der Waals surface area contributed by atoms with Crippen molar-refractivity contribution in [3.05, 3.63) is 70.7 Å². The molecule has 0 aromatic heterocycles. The smallest absolute Gasteiger partial charge is 0.275 e. The van der Waals surface area contributed by atoms with Crippen LogP contribution < -0.4 is 5.32 Å². The van der Waals surface area contributed by atoms with E-state index in [1.54, 1.807) is 6.07 Å². The SMILES string of the molecule is Cc1c(Cl)ccc2c1NC(=O)C2=Nc1cccc2ccccc12. The molecule has 3 aromatic carbocycles. The van der Waals surface area contributed by atoms with Crippen molar-refractivity contribution in [1.29, 1.82) is 0 Å². The van der Waals surface area contributed by atoms with Crippen molar-refractivity contribution in [3.63, 3.8) is 0 Å². The zero-order chi connectivity index (χ0) is 16.0. The number of amides is 1. The number of rotatable bonds is 1. The molecule has 1 aliphatic heterocycles. The van der Waals surface area contributed by atoms with Gasteiger partial charge in [0.05, 0.1) is 11.4 Å². The average Bonchev–Trinajstić information content (AvgIpc) is 2.88. The van der Waals surface area contributed by atoms with Crippen molar-refractivity contribution in [1.82, 2.24) is 0 Å². The Labute approximate surface area is 138 Å². The van der Waals surface area contributed by atoms with Gasteiger partial charge in [-0.1, -0.05) is 48.0 Å². The summed E-state index contributed by atoms with van der Waals surface area (Å²) >= 11 is 6.13. The number of fused-ring (bicyclic) bond motifs is 2. The minimum absolute atomic E-state index is 0.196. The molecule has 0 bridgehead atoms. The number of hydrogen-bond donors (Lipinski definition) is 1. The van der Waals surface area contributed by atoms with E-state index in [1.807, 2.05) is 55.5 Å². The second-order valence-corrected chi connectivity index (χ2v) is 5.91. The molecule has 4 rings (SSSR count). The fraction of sp³-hybridized carbons (Fsp3) is 0.0526. The highest BCUT2D eigenvalue weighted by Gasteiger charge is 2.28. The van der Waals surface area contributed by atoms with Crippen LogP contribution in [0.5, 0.6) is 0 Å². The van der Waals surface area contributed by atoms with Crippen LogP contribution in [-0.4, -0.2) is 11.6 Å². The molecule has 0 saturated carbocycles. The van der Waals surface area contributed by atoms with E-state index in [0.717, 1.165) is 33.3 Å². The van der Waals surface area contributed by atoms with Crippen molar-refractivity contribution < 1.29 is 4.79 Å². The van der Waals surface area contributed by atoms with Crippen LogP contribution in [0.1, 0.15) is 11.1 Å². The van der Waals surface area contributed by atoms with Crippen LogP contribution in [0.4, 0.5) is 11.4 Å². The van der Waals surface area contributed by atoms with Gasteiger partial charge in [-0.15, -0.1) is 0 Å². The van der Waals surface area contributed by atoms with Crippen LogP contribution in [-0.2, 0) is 4.79 Å². The third-order valence-corrected chi connectivity index (χ3v) is 4.52. The highest BCUT2D eigenvalue weighted by atomic mass is 35.5. The van der Waals surface area contributed by atoms with E-state index in [9.17, 15) is 4.79 Å². The summed E-state index contributed by atoms with van der Waals surface area (Å²) in [6.07, 6.45) is 0. The monoisotopic (exact) mass is 320 g/mol. The summed E-state index contributed by atoms with van der Waals surface area (Å²) in [6, 6.07) is 17.5. The Hall–Kier alpha value is -2.65. The molecule has 0 spiro atoms. The third-order valence-electron chi connectivity index (χ3n) is 4.11. The van der Waals surface area contributed by atoms with E-state index in [2.05, 4.69) is 10.3 Å². The number of benzene rings is 3. The molecule has 0 atom stereocenters. The standard InChI is InChI=1S/C19H13ClN2O/c1-11-15(20)10-9-14-17(11)22-19(23)18(14)21-16-8-4-6-12-5-2-3-7-13(12)16/h2-10H,1H3,(H,21,22,23). The van der Waals surface area contributed by atoms with Gasteiger partial charge >= 0.3 is 0 Å². The van der Waals surface area contributed by atoms with Crippen molar-refractivity contribution in [2.75, 3.05) is 5.32 Å². The molecule has 1 aliphatic rings. The summed E-state index contributed by atoms with van der Waals surface area (Å²) in [6.45, 7) is 1.89. The van der Waals surface area contributed by atoms with Crippen molar-refractivity contribution in [2.24, 2.45) is 4.99 Å². The Bertz CT molecular complexity index is 987. The molecule has 1 amide bonds. The Morgan fingerprint density at radius 1 is 1.00 bits per heavy atom. The first-order chi connectivity index (χ1) is 11.1. The third kappa shape index (κ3) is 2.21. The van der Waals surface area contributed by atoms with E-state index >= 15 is 0 Å². The number of hydrogen-bond acceptors (Lipinski definition) is 2. The summed E-state index contributed by atoms with van der Waals surface area (Å²) in [4.78, 5) is 17.0. The highest BCUT2D eigenvalue weighted by Crippen LogP contribution is 2.34. The number of carbonyl (C=O) groups excluding carboxylic acids is 1. The van der Waals surface area contributed by atoms with Crippen LogP contribution in [0, 0.1) is 6.92 Å². The first kappa shape index (κ1) is 14.0. The van der Waals surface area contributed by atoms with Gasteiger partial charge in [0, 0.05) is 16.0 Å². The van der Waals surface area contributed by atoms with E-state index in [0.29, 0.717) is 10.7 Å². The van der Waals surface area contributed by atoms with Crippen molar-refractivity contribution in [2.45, 2.75) is 6.92 Å². The zero-order valence-corrected chi connectivity index (χ0v) is 13.2. The maximum atomic E-state index is 12.4. The number of halogens is 1. The molecule has 0 saturated heterocycles. The van der Waals surface area contributed by atoms with Gasteiger partial charge in [0.25, 0.3) is 5.91 Å². The first-order valence-corrected chi connectivity index (χ1v) is 7.70. The lowest BCUT2D eigenvalue weighted by molar-refractivity contribution is -0.110. The van der Waals surface area contributed by atoms with E-state index in [1.165, 1.54) is 0 Å². The predicted molar refractivity (Wildman–Crippen MR) is 95.0 cm³/mol. The number of nitrogens with zero attached hydrogens (tertiary/aromatic N) is 1. The lowest BCUT2D eigenvalue weighted by Crippen LogP contribution is -2.14. The normalized spacial score (nSPS) is 15.0. The van der Waals surface area contributed by atoms with Gasteiger partial charge in [-0.05, 0) is 36.1 Å². The minimum Gasteiger partial charge on any atom is -0.320 e. The Morgan fingerprint density at radius 2 is 1.78 bits per heavy atom. The summed E-state index contributed by atoms with van der Waals surface area (Å²) in [5, 5.41) is 5.63. The molecule has 112 valence electrons. The molecule has 1 heterocycles. The number of aliphatic imine (C=N–C) groups is 1. The lowest BCUT2D eigenvalue weighted by atomic mass is 10.1. The number of nitrogens with one attached hydrogen (secondary N) is 1. The van der Waals surface area contributed by atoms with E-state index < -0.39 is 0 Å². The maximum Gasteiger partial charge on any atom is 0.275 e.